The van der Waals surface area contributed by atoms with E-state index in [1.807, 2.05) is 5.57 Å². The van der Waals surface area contributed by atoms with Crippen molar-refractivity contribution in [2.24, 2.45) is 50.2 Å². The number of methoxy groups -OCH3 is 1. The zero-order valence-electron chi connectivity index (χ0n) is 29.0. The first-order valence-corrected chi connectivity index (χ1v) is 17.5. The standard InChI is InChI=1S/C40H58O4/c1-35(2)20-21-37(5)22-23-39(7)27(28(37)25-35)12-14-32-38(6)18-17-33(36(3,4)31(38)16-19-40(32,39)8)44-34(42)15-11-26-10-13-29(41)30(24-26)43-9/h10-13,15,24,28,31-33,41H,14,16-23,25H2,1-9H3/b15-11+/t28-,31+,32-,33+,37-,38+,39-,40-/m1/s1. The van der Waals surface area contributed by atoms with Crippen molar-refractivity contribution in [1.29, 1.82) is 0 Å². The molecule has 6 rings (SSSR count). The smallest absolute Gasteiger partial charge is 0.331 e. The van der Waals surface area contributed by atoms with Crippen molar-refractivity contribution < 1.29 is 19.4 Å². The second kappa shape index (κ2) is 10.4. The predicted molar refractivity (Wildman–Crippen MR) is 178 cm³/mol. The van der Waals surface area contributed by atoms with Crippen molar-refractivity contribution in [2.75, 3.05) is 7.11 Å². The SMILES string of the molecule is COc1cc(/C=C/C(=O)O[C@H]2CC[C@]3(C)[C@H]4CC=C5[C@H]6CC(C)(C)CC[C@]6(C)CC[C@@]5(C)[C@]4(C)CC[C@H]3C2(C)C)ccc1O. The van der Waals surface area contributed by atoms with Crippen LogP contribution in [0.15, 0.2) is 35.9 Å². The van der Waals surface area contributed by atoms with E-state index in [1.54, 1.807) is 24.3 Å². The number of ether oxygens (including phenoxy) is 2. The molecule has 0 aromatic heterocycles. The monoisotopic (exact) mass is 602 g/mol. The number of hydrogen-bond acceptors (Lipinski definition) is 4. The Labute approximate surface area is 267 Å². The molecule has 1 aromatic rings. The van der Waals surface area contributed by atoms with Crippen molar-refractivity contribution in [3.63, 3.8) is 0 Å². The second-order valence-corrected chi connectivity index (χ2v) is 17.9. The van der Waals surface area contributed by atoms with Crippen LogP contribution in [0.5, 0.6) is 11.5 Å². The van der Waals surface area contributed by atoms with Gasteiger partial charge >= 0.3 is 5.97 Å². The zero-order chi connectivity index (χ0) is 31.9. The molecule has 44 heavy (non-hydrogen) atoms. The van der Waals surface area contributed by atoms with E-state index in [2.05, 4.69) is 61.5 Å². The van der Waals surface area contributed by atoms with Crippen LogP contribution in [-0.2, 0) is 9.53 Å². The van der Waals surface area contributed by atoms with Crippen molar-refractivity contribution in [2.45, 2.75) is 126 Å². The molecular weight excluding hydrogens is 544 g/mol. The van der Waals surface area contributed by atoms with Crippen LogP contribution in [0.4, 0.5) is 0 Å². The van der Waals surface area contributed by atoms with Gasteiger partial charge in [0.2, 0.25) is 0 Å². The van der Waals surface area contributed by atoms with Crippen LogP contribution < -0.4 is 4.74 Å². The maximum atomic E-state index is 13.1. The number of esters is 1. The van der Waals surface area contributed by atoms with Gasteiger partial charge in [-0.1, -0.05) is 73.1 Å². The molecule has 0 saturated heterocycles. The molecule has 0 spiro atoms. The first kappa shape index (κ1) is 31.7. The zero-order valence-corrected chi connectivity index (χ0v) is 29.0. The molecule has 1 aromatic carbocycles. The quantitative estimate of drug-likeness (QED) is 0.212. The highest BCUT2D eigenvalue weighted by atomic mass is 16.5. The van der Waals surface area contributed by atoms with Crippen LogP contribution in [-0.4, -0.2) is 24.3 Å². The van der Waals surface area contributed by atoms with Crippen LogP contribution in [0.3, 0.4) is 0 Å². The fourth-order valence-corrected chi connectivity index (χ4v) is 11.8. The highest BCUT2D eigenvalue weighted by molar-refractivity contribution is 5.87. The number of carbonyl (C=O) groups is 1. The Morgan fingerprint density at radius 1 is 0.909 bits per heavy atom. The third-order valence-corrected chi connectivity index (χ3v) is 14.9. The Hall–Kier alpha value is -2.23. The molecule has 5 aliphatic carbocycles. The number of benzene rings is 1. The van der Waals surface area contributed by atoms with Crippen molar-refractivity contribution in [3.8, 4) is 11.5 Å². The minimum absolute atomic E-state index is 0.0846. The summed E-state index contributed by atoms with van der Waals surface area (Å²) in [6.45, 7) is 20.3. The number of allylic oxidation sites excluding steroid dienone is 2. The molecular formula is C40H58O4. The minimum Gasteiger partial charge on any atom is -0.504 e. The minimum atomic E-state index is -0.294. The molecule has 4 saturated carbocycles. The summed E-state index contributed by atoms with van der Waals surface area (Å²) >= 11 is 0. The molecule has 4 fully saturated rings. The molecule has 1 N–H and O–H groups in total. The lowest BCUT2D eigenvalue weighted by molar-refractivity contribution is -0.210. The summed E-state index contributed by atoms with van der Waals surface area (Å²) < 4.78 is 11.5. The Kier molecular flexibility index (Phi) is 7.50. The van der Waals surface area contributed by atoms with Crippen LogP contribution in [0.25, 0.3) is 6.08 Å². The van der Waals surface area contributed by atoms with E-state index in [-0.39, 0.29) is 34.1 Å². The van der Waals surface area contributed by atoms with Gasteiger partial charge in [-0.2, -0.15) is 0 Å². The average Bonchev–Trinajstić information content (AvgIpc) is 2.95. The lowest BCUT2D eigenvalue weighted by Crippen LogP contribution is -2.64. The van der Waals surface area contributed by atoms with Gasteiger partial charge in [-0.05, 0) is 133 Å². The van der Waals surface area contributed by atoms with Gasteiger partial charge in [0, 0.05) is 11.5 Å². The van der Waals surface area contributed by atoms with Gasteiger partial charge in [0.25, 0.3) is 0 Å². The second-order valence-electron chi connectivity index (χ2n) is 17.9. The Morgan fingerprint density at radius 2 is 1.64 bits per heavy atom. The largest absolute Gasteiger partial charge is 0.504 e. The summed E-state index contributed by atoms with van der Waals surface area (Å²) in [5.74, 6) is 2.09. The summed E-state index contributed by atoms with van der Waals surface area (Å²) in [6.07, 6.45) is 18.5. The average molecular weight is 603 g/mol. The highest BCUT2D eigenvalue weighted by Crippen LogP contribution is 2.75. The van der Waals surface area contributed by atoms with Gasteiger partial charge in [0.05, 0.1) is 7.11 Å². The molecule has 8 atom stereocenters. The third kappa shape index (κ3) is 4.70. The van der Waals surface area contributed by atoms with E-state index in [1.165, 1.54) is 64.6 Å². The lowest BCUT2D eigenvalue weighted by Gasteiger charge is -2.71. The topological polar surface area (TPSA) is 55.8 Å². The van der Waals surface area contributed by atoms with Gasteiger partial charge in [-0.15, -0.1) is 0 Å². The molecule has 5 aliphatic rings. The number of hydrogen-bond donors (Lipinski definition) is 1. The fraction of sp³-hybridized carbons (Fsp3) is 0.725. The van der Waals surface area contributed by atoms with Gasteiger partial charge in [-0.3, -0.25) is 0 Å². The molecule has 0 aliphatic heterocycles. The van der Waals surface area contributed by atoms with E-state index >= 15 is 0 Å². The number of phenolic OH excluding ortho intramolecular Hbond substituents is 1. The molecule has 242 valence electrons. The summed E-state index contributed by atoms with van der Waals surface area (Å²) in [5.41, 5.74) is 4.25. The maximum absolute atomic E-state index is 13.1. The summed E-state index contributed by atoms with van der Waals surface area (Å²) in [4.78, 5) is 13.1. The van der Waals surface area contributed by atoms with Crippen LogP contribution in [0.2, 0.25) is 0 Å². The summed E-state index contributed by atoms with van der Waals surface area (Å²) in [6, 6.07) is 5.07. The first-order chi connectivity index (χ1) is 20.5. The summed E-state index contributed by atoms with van der Waals surface area (Å²) in [5, 5.41) is 9.89. The highest BCUT2D eigenvalue weighted by Gasteiger charge is 2.68. The fourth-order valence-electron chi connectivity index (χ4n) is 11.8. The molecule has 0 unspecified atom stereocenters. The van der Waals surface area contributed by atoms with Crippen molar-refractivity contribution >= 4 is 12.0 Å². The van der Waals surface area contributed by atoms with E-state index in [0.29, 0.717) is 33.8 Å². The number of phenols is 1. The Morgan fingerprint density at radius 3 is 2.36 bits per heavy atom. The Bertz CT molecular complexity index is 1370. The first-order valence-electron chi connectivity index (χ1n) is 17.5. The van der Waals surface area contributed by atoms with Crippen LogP contribution in [0, 0.1) is 50.2 Å². The predicted octanol–water partition coefficient (Wildman–Crippen LogP) is 10.1. The van der Waals surface area contributed by atoms with E-state index < -0.39 is 0 Å². The summed E-state index contributed by atoms with van der Waals surface area (Å²) in [7, 11) is 1.52. The Balaban J connectivity index is 1.23. The molecule has 4 nitrogen and oxygen atoms in total. The molecule has 0 amide bonds. The molecule has 0 heterocycles. The van der Waals surface area contributed by atoms with Gasteiger partial charge < -0.3 is 14.6 Å². The van der Waals surface area contributed by atoms with E-state index in [9.17, 15) is 9.90 Å². The number of rotatable bonds is 4. The van der Waals surface area contributed by atoms with E-state index in [4.69, 9.17) is 9.47 Å². The molecule has 4 heteroatoms. The van der Waals surface area contributed by atoms with Gasteiger partial charge in [-0.25, -0.2) is 4.79 Å². The van der Waals surface area contributed by atoms with Crippen molar-refractivity contribution in [1.82, 2.24) is 0 Å². The van der Waals surface area contributed by atoms with Gasteiger partial charge in [0.1, 0.15) is 6.10 Å². The van der Waals surface area contributed by atoms with Gasteiger partial charge in [0.15, 0.2) is 11.5 Å². The third-order valence-electron chi connectivity index (χ3n) is 14.9. The van der Waals surface area contributed by atoms with Crippen LogP contribution >= 0.6 is 0 Å². The number of aromatic hydroxyl groups is 1. The number of carbonyl (C=O) groups excluding carboxylic acids is 1. The number of fused-ring (bicyclic) bond motifs is 7. The maximum Gasteiger partial charge on any atom is 0.331 e. The molecule has 0 radical (unpaired) electrons. The molecule has 0 bridgehead atoms. The normalized spacial score (nSPS) is 42.2. The lowest BCUT2D eigenvalue weighted by atomic mass is 9.33. The van der Waals surface area contributed by atoms with Crippen LogP contribution in [0.1, 0.15) is 125 Å². The van der Waals surface area contributed by atoms with Crippen molar-refractivity contribution in [3.05, 3.63) is 41.5 Å². The van der Waals surface area contributed by atoms with E-state index in [0.717, 1.165) is 24.3 Å².